The Morgan fingerprint density at radius 2 is 1.91 bits per heavy atom. The van der Waals surface area contributed by atoms with Crippen molar-refractivity contribution in [2.45, 2.75) is 58.8 Å². The van der Waals surface area contributed by atoms with Crippen molar-refractivity contribution in [3.8, 4) is 0 Å². The molecule has 12 nitrogen and oxygen atoms in total. The largest absolute Gasteiger partial charge is 0.441 e. The lowest BCUT2D eigenvalue weighted by Gasteiger charge is -2.29. The molecular weight excluding hydrogens is 568 g/mol. The van der Waals surface area contributed by atoms with E-state index in [4.69, 9.17) is 15.2 Å². The average molecular weight is 615 g/mol. The number of amides is 2. The highest BCUT2D eigenvalue weighted by atomic mass is 16.6. The zero-order chi connectivity index (χ0) is 33.1. The molecule has 0 spiro atoms. The number of Topliss-reactive ketones (excluding diaryl/α,β-unsaturated/α-hetero) is 1. The summed E-state index contributed by atoms with van der Waals surface area (Å²) < 4.78 is 10.9. The van der Waals surface area contributed by atoms with Gasteiger partial charge < -0.3 is 40.6 Å². The number of rotatable bonds is 7. The van der Waals surface area contributed by atoms with Crippen LogP contribution in [0.2, 0.25) is 0 Å². The third-order valence-electron chi connectivity index (χ3n) is 7.62. The lowest BCUT2D eigenvalue weighted by Crippen LogP contribution is -2.38. The summed E-state index contributed by atoms with van der Waals surface area (Å²) in [7, 11) is 5.26. The van der Waals surface area contributed by atoms with Gasteiger partial charge in [-0.25, -0.2) is 4.79 Å². The summed E-state index contributed by atoms with van der Waals surface area (Å²) in [4.78, 5) is 65.6. The summed E-state index contributed by atoms with van der Waals surface area (Å²) in [6.07, 6.45) is 4.44. The van der Waals surface area contributed by atoms with Gasteiger partial charge in [0.25, 0.3) is 5.91 Å². The minimum absolute atomic E-state index is 0.146. The Labute approximate surface area is 259 Å². The van der Waals surface area contributed by atoms with E-state index in [2.05, 4.69) is 10.6 Å². The molecule has 2 amide bonds. The predicted molar refractivity (Wildman–Crippen MR) is 165 cm³/mol. The van der Waals surface area contributed by atoms with E-state index in [1.165, 1.54) is 32.3 Å². The van der Waals surface area contributed by atoms with Crippen LogP contribution in [-0.4, -0.2) is 92.5 Å². The highest BCUT2D eigenvalue weighted by Crippen LogP contribution is 2.29. The number of hydrogen-bond donors (Lipinski definition) is 4. The lowest BCUT2D eigenvalue weighted by molar-refractivity contribution is -0.120. The molecule has 2 bridgehead atoms. The number of ketones is 2. The number of carbonyl (C=O) groups excluding carboxylic acids is 5. The Kier molecular flexibility index (Phi) is 13.9. The van der Waals surface area contributed by atoms with Crippen molar-refractivity contribution in [2.24, 2.45) is 23.5 Å². The quantitative estimate of drug-likeness (QED) is 0.188. The van der Waals surface area contributed by atoms with Crippen molar-refractivity contribution in [2.75, 3.05) is 34.3 Å². The maximum Gasteiger partial charge on any atom is 0.405 e. The molecule has 2 rings (SSSR count). The van der Waals surface area contributed by atoms with Crippen LogP contribution in [0.25, 0.3) is 0 Å². The highest BCUT2D eigenvalue weighted by molar-refractivity contribution is 6.23. The number of aliphatic hydroxyl groups is 1. The molecule has 0 radical (unpaired) electrons. The molecule has 0 aromatic heterocycles. The fourth-order valence-corrected chi connectivity index (χ4v) is 5.17. The van der Waals surface area contributed by atoms with Crippen LogP contribution in [0.5, 0.6) is 0 Å². The molecule has 0 unspecified atom stereocenters. The van der Waals surface area contributed by atoms with Gasteiger partial charge in [0.05, 0.1) is 29.5 Å². The van der Waals surface area contributed by atoms with E-state index >= 15 is 0 Å². The van der Waals surface area contributed by atoms with E-state index < -0.39 is 53.7 Å². The van der Waals surface area contributed by atoms with Crippen LogP contribution in [-0.2, 0) is 28.7 Å². The van der Waals surface area contributed by atoms with E-state index in [1.54, 1.807) is 19.9 Å². The van der Waals surface area contributed by atoms with E-state index in [0.717, 1.165) is 6.08 Å². The second-order valence-corrected chi connectivity index (χ2v) is 11.7. The van der Waals surface area contributed by atoms with E-state index in [1.807, 2.05) is 25.9 Å². The standard InChI is InChI=1S/C32H46N4O8/c1-18-13-23-27(34-11-12-36(5)6)25(38)16-24(29(23)40)35-31(41)19(2)9-8-10-22(17-37)30(44-32(33)42)21(4)15-20(3)28(39)26(14-18)43-7/h8-10,15-18,20,22,26,28,30,34,39H,11-14H2,1-7H3,(H2,33,42)(H,35,41)/b10-8-,19-9+,21-15+/t18-,20+,22-,26+,28-,30+/m1/s1. The van der Waals surface area contributed by atoms with Crippen LogP contribution in [0.3, 0.4) is 0 Å². The van der Waals surface area contributed by atoms with Crippen LogP contribution in [0.4, 0.5) is 4.79 Å². The molecule has 0 saturated heterocycles. The molecule has 2 aliphatic rings. The first-order valence-electron chi connectivity index (χ1n) is 14.6. The monoisotopic (exact) mass is 614 g/mol. The maximum atomic E-state index is 13.7. The Balaban J connectivity index is 2.61. The fourth-order valence-electron chi connectivity index (χ4n) is 5.17. The zero-order valence-corrected chi connectivity index (χ0v) is 26.6. The van der Waals surface area contributed by atoms with Gasteiger partial charge in [0.2, 0.25) is 11.6 Å². The first kappa shape index (κ1) is 36.3. The molecule has 0 aromatic carbocycles. The molecule has 1 aliphatic carbocycles. The summed E-state index contributed by atoms with van der Waals surface area (Å²) in [6, 6.07) is 0. The second-order valence-electron chi connectivity index (χ2n) is 11.7. The zero-order valence-electron chi connectivity index (χ0n) is 26.6. The summed E-state index contributed by atoms with van der Waals surface area (Å²) >= 11 is 0. The molecule has 1 heterocycles. The van der Waals surface area contributed by atoms with E-state index in [9.17, 15) is 29.1 Å². The average Bonchev–Trinajstić information content (AvgIpc) is 2.95. The van der Waals surface area contributed by atoms with Crippen molar-refractivity contribution in [3.05, 3.63) is 58.5 Å². The first-order chi connectivity index (χ1) is 20.7. The van der Waals surface area contributed by atoms with Gasteiger partial charge in [-0.3, -0.25) is 14.4 Å². The molecule has 0 fully saturated rings. The van der Waals surface area contributed by atoms with Crippen LogP contribution in [0, 0.1) is 17.8 Å². The SMILES string of the molecule is CO[C@H]1C[C@H](C)CC2=C(NCCN(C)C)C(=O)C=C(NC(=O)/C(C)=C/C=C\[C@H](C=O)[C@@H](OC(N)=O)/C(C)=C/[C@H](C)[C@H]1O)C2=O. The summed E-state index contributed by atoms with van der Waals surface area (Å²) in [5, 5.41) is 16.9. The summed E-state index contributed by atoms with van der Waals surface area (Å²) in [5.41, 5.74) is 6.25. The molecule has 1 aliphatic heterocycles. The van der Waals surface area contributed by atoms with Gasteiger partial charge in [-0.05, 0) is 52.3 Å². The van der Waals surface area contributed by atoms with Crippen molar-refractivity contribution >= 4 is 29.9 Å². The molecule has 12 heteroatoms. The number of allylic oxidation sites excluding steroid dienone is 4. The minimum Gasteiger partial charge on any atom is -0.441 e. The van der Waals surface area contributed by atoms with Gasteiger partial charge in [0.15, 0.2) is 0 Å². The topological polar surface area (TPSA) is 177 Å². The Hall–Kier alpha value is -3.87. The van der Waals surface area contributed by atoms with Crippen molar-refractivity contribution < 1.29 is 38.6 Å². The number of nitrogens with one attached hydrogen (secondary N) is 2. The molecule has 44 heavy (non-hydrogen) atoms. The van der Waals surface area contributed by atoms with Gasteiger partial charge in [-0.1, -0.05) is 38.2 Å². The smallest absolute Gasteiger partial charge is 0.405 e. The molecule has 242 valence electrons. The molecule has 5 N–H and O–H groups in total. The number of nitrogens with zero attached hydrogens (tertiary/aromatic N) is 1. The van der Waals surface area contributed by atoms with Gasteiger partial charge in [-0.2, -0.15) is 0 Å². The maximum absolute atomic E-state index is 13.7. The number of nitrogens with two attached hydrogens (primary N) is 1. The Bertz CT molecular complexity index is 1260. The van der Waals surface area contributed by atoms with Crippen LogP contribution in [0.15, 0.2) is 58.5 Å². The van der Waals surface area contributed by atoms with Gasteiger partial charge >= 0.3 is 6.09 Å². The highest BCUT2D eigenvalue weighted by Gasteiger charge is 2.33. The minimum atomic E-state index is -1.08. The Morgan fingerprint density at radius 3 is 2.50 bits per heavy atom. The third kappa shape index (κ3) is 10.1. The summed E-state index contributed by atoms with van der Waals surface area (Å²) in [5.74, 6) is -3.20. The molecular formula is C32H46N4O8. The Morgan fingerprint density at radius 1 is 1.23 bits per heavy atom. The number of aldehydes is 1. The number of fused-ring (bicyclic) bond motifs is 2. The van der Waals surface area contributed by atoms with Crippen molar-refractivity contribution in [1.29, 1.82) is 0 Å². The molecule has 0 saturated carbocycles. The summed E-state index contributed by atoms with van der Waals surface area (Å²) in [6.45, 7) is 7.87. The number of aliphatic hydroxyl groups excluding tert-OH is 1. The van der Waals surface area contributed by atoms with Crippen LogP contribution >= 0.6 is 0 Å². The number of hydrogen-bond acceptors (Lipinski definition) is 10. The molecule has 0 aromatic rings. The number of ether oxygens (including phenoxy) is 2. The van der Waals surface area contributed by atoms with Crippen molar-refractivity contribution in [3.63, 3.8) is 0 Å². The third-order valence-corrected chi connectivity index (χ3v) is 7.62. The fraction of sp³-hybridized carbons (Fsp3) is 0.531. The number of carbonyl (C=O) groups is 5. The number of methoxy groups -OCH3 is 1. The lowest BCUT2D eigenvalue weighted by atomic mass is 9.85. The van der Waals surface area contributed by atoms with Gasteiger partial charge in [-0.15, -0.1) is 0 Å². The van der Waals surface area contributed by atoms with Crippen molar-refractivity contribution in [1.82, 2.24) is 15.5 Å². The number of primary amides is 1. The van der Waals surface area contributed by atoms with Crippen LogP contribution in [0.1, 0.15) is 40.5 Å². The van der Waals surface area contributed by atoms with E-state index in [0.29, 0.717) is 31.4 Å². The number of likely N-dealkylation sites (N-methyl/N-ethyl adjacent to an activating group) is 1. The first-order valence-corrected chi connectivity index (χ1v) is 14.6. The predicted octanol–water partition coefficient (Wildman–Crippen LogP) is 1.71. The molecule has 6 atom stereocenters. The van der Waals surface area contributed by atoms with E-state index in [-0.39, 0.29) is 34.9 Å². The normalized spacial score (nSPS) is 30.8. The second kappa shape index (κ2) is 16.8. The van der Waals surface area contributed by atoms with Gasteiger partial charge in [0.1, 0.15) is 12.4 Å². The van der Waals surface area contributed by atoms with Crippen LogP contribution < -0.4 is 16.4 Å². The van der Waals surface area contributed by atoms with Gasteiger partial charge in [0, 0.05) is 43.3 Å².